The predicted octanol–water partition coefficient (Wildman–Crippen LogP) is 6.00. The van der Waals surface area contributed by atoms with E-state index >= 15 is 0 Å². The normalized spacial score (nSPS) is 11.6. The number of thiazole rings is 1. The molecule has 0 aliphatic rings. The topological polar surface area (TPSA) is 88.5 Å². The first-order valence-electron chi connectivity index (χ1n) is 10.2. The lowest BCUT2D eigenvalue weighted by atomic mass is 10.1. The fraction of sp³-hybridized carbons (Fsp3) is 0.208. The number of hydrogen-bond acceptors (Lipinski definition) is 5. The average Bonchev–Trinajstić information content (AvgIpc) is 3.23. The molecule has 1 aromatic heterocycles. The summed E-state index contributed by atoms with van der Waals surface area (Å²) in [6, 6.07) is 6.25. The third-order valence-corrected chi connectivity index (χ3v) is 5.33. The first kappa shape index (κ1) is 25.0. The molecule has 0 spiro atoms. The monoisotopic (exact) mass is 490 g/mol. The van der Waals surface area contributed by atoms with Crippen LogP contribution in [-0.4, -0.2) is 28.6 Å². The number of carbonyl (C=O) groups excluding carboxylic acids is 1. The van der Waals surface area contributed by atoms with Gasteiger partial charge in [0.1, 0.15) is 11.6 Å². The summed E-state index contributed by atoms with van der Waals surface area (Å²) in [4.78, 5) is 27.6. The summed E-state index contributed by atoms with van der Waals surface area (Å²) in [6.45, 7) is 5.42. The van der Waals surface area contributed by atoms with Crippen molar-refractivity contribution >= 4 is 34.4 Å². The lowest BCUT2D eigenvalue weighted by molar-refractivity contribution is -0.132. The number of benzene rings is 2. The van der Waals surface area contributed by atoms with Crippen LogP contribution in [0.5, 0.6) is 5.75 Å². The number of carbonyl (C=O) groups is 2. The molecule has 0 aliphatic heterocycles. The number of amides is 1. The van der Waals surface area contributed by atoms with Gasteiger partial charge < -0.3 is 9.84 Å². The van der Waals surface area contributed by atoms with E-state index in [0.29, 0.717) is 6.61 Å². The first-order valence-corrected chi connectivity index (χ1v) is 11.0. The average molecular weight is 491 g/mol. The summed E-state index contributed by atoms with van der Waals surface area (Å²) in [5, 5.41) is 12.9. The summed E-state index contributed by atoms with van der Waals surface area (Å²) in [7, 11) is 0. The molecule has 0 radical (unpaired) electrons. The molecule has 0 aliphatic carbocycles. The molecule has 0 saturated heterocycles. The van der Waals surface area contributed by atoms with Gasteiger partial charge in [-0.2, -0.15) is 0 Å². The van der Waals surface area contributed by atoms with Gasteiger partial charge in [-0.05, 0) is 43.2 Å². The highest BCUT2D eigenvalue weighted by Crippen LogP contribution is 2.32. The molecule has 0 unspecified atom stereocenters. The highest BCUT2D eigenvalue weighted by molar-refractivity contribution is 7.14. The number of carboxylic acid groups (broad SMARTS) is 1. The van der Waals surface area contributed by atoms with Crippen molar-refractivity contribution < 1.29 is 32.6 Å². The smallest absolute Gasteiger partial charge is 0.331 e. The summed E-state index contributed by atoms with van der Waals surface area (Å²) < 4.78 is 49.0. The van der Waals surface area contributed by atoms with Crippen molar-refractivity contribution in [2.24, 2.45) is 5.92 Å². The Morgan fingerprint density at radius 1 is 1.21 bits per heavy atom. The second kappa shape index (κ2) is 10.5. The molecule has 3 aromatic rings. The first-order chi connectivity index (χ1) is 16.1. The van der Waals surface area contributed by atoms with Gasteiger partial charge in [0.15, 0.2) is 16.7 Å². The molecular formula is C24H21F3N2O4S. The number of aromatic nitrogens is 1. The Morgan fingerprint density at radius 2 is 1.88 bits per heavy atom. The molecule has 178 valence electrons. The van der Waals surface area contributed by atoms with Gasteiger partial charge in [0.05, 0.1) is 12.3 Å². The minimum absolute atomic E-state index is 0.0861. The van der Waals surface area contributed by atoms with Crippen molar-refractivity contribution in [3.63, 3.8) is 0 Å². The Kier molecular flexibility index (Phi) is 7.72. The van der Waals surface area contributed by atoms with Gasteiger partial charge in [0.2, 0.25) is 0 Å². The van der Waals surface area contributed by atoms with Crippen LogP contribution in [0.25, 0.3) is 17.3 Å². The maximum Gasteiger partial charge on any atom is 0.331 e. The van der Waals surface area contributed by atoms with Crippen molar-refractivity contribution in [2.45, 2.75) is 20.8 Å². The van der Waals surface area contributed by atoms with Gasteiger partial charge in [0.25, 0.3) is 5.91 Å². The number of rotatable bonds is 8. The number of nitrogens with one attached hydrogen (secondary N) is 1. The van der Waals surface area contributed by atoms with Crippen LogP contribution in [0.1, 0.15) is 36.7 Å². The zero-order valence-corrected chi connectivity index (χ0v) is 19.3. The molecule has 0 fully saturated rings. The molecule has 0 saturated carbocycles. The second-order valence-corrected chi connectivity index (χ2v) is 8.66. The van der Waals surface area contributed by atoms with E-state index < -0.39 is 34.9 Å². The molecule has 1 amide bonds. The maximum atomic E-state index is 14.8. The third-order valence-electron chi connectivity index (χ3n) is 4.58. The largest absolute Gasteiger partial charge is 0.490 e. The number of halogens is 3. The van der Waals surface area contributed by atoms with Gasteiger partial charge in [-0.15, -0.1) is 11.3 Å². The van der Waals surface area contributed by atoms with Crippen LogP contribution >= 0.6 is 11.3 Å². The molecule has 34 heavy (non-hydrogen) atoms. The molecule has 1 heterocycles. The van der Waals surface area contributed by atoms with Gasteiger partial charge in [0, 0.05) is 27.6 Å². The SMILES string of the molecule is CC(=Cc1c(F)cc(C(=O)Nc2nc(-c3cccc(OCC(C)C)c3F)cs2)cc1F)C(=O)O. The van der Waals surface area contributed by atoms with E-state index in [0.717, 1.165) is 29.5 Å². The Hall–Kier alpha value is -3.66. The minimum atomic E-state index is -1.33. The number of nitrogens with zero attached hydrogens (tertiary/aromatic N) is 1. The van der Waals surface area contributed by atoms with E-state index in [9.17, 15) is 22.8 Å². The molecule has 2 N–H and O–H groups in total. The number of hydrogen-bond donors (Lipinski definition) is 2. The summed E-state index contributed by atoms with van der Waals surface area (Å²) in [6.07, 6.45) is 0.843. The van der Waals surface area contributed by atoms with Crippen molar-refractivity contribution in [1.82, 2.24) is 4.98 Å². The number of ether oxygens (including phenoxy) is 1. The zero-order chi connectivity index (χ0) is 25.0. The van der Waals surface area contributed by atoms with E-state index in [-0.39, 0.29) is 39.2 Å². The number of anilines is 1. The van der Waals surface area contributed by atoms with Crippen molar-refractivity contribution in [3.05, 3.63) is 69.9 Å². The minimum Gasteiger partial charge on any atom is -0.490 e. The van der Waals surface area contributed by atoms with Crippen LogP contribution in [0.3, 0.4) is 0 Å². The van der Waals surface area contributed by atoms with Crippen molar-refractivity contribution in [1.29, 1.82) is 0 Å². The molecular weight excluding hydrogens is 469 g/mol. The fourth-order valence-corrected chi connectivity index (χ4v) is 3.54. The Bertz CT molecular complexity index is 1250. The number of aliphatic carboxylic acids is 1. The molecule has 3 rings (SSSR count). The molecule has 2 aromatic carbocycles. The van der Waals surface area contributed by atoms with Crippen LogP contribution in [0.15, 0.2) is 41.3 Å². The summed E-state index contributed by atoms with van der Waals surface area (Å²) >= 11 is 1.01. The van der Waals surface area contributed by atoms with Gasteiger partial charge in [-0.25, -0.2) is 22.9 Å². The molecule has 0 bridgehead atoms. The van der Waals surface area contributed by atoms with Crippen LogP contribution in [-0.2, 0) is 4.79 Å². The van der Waals surface area contributed by atoms with Gasteiger partial charge in [-0.1, -0.05) is 19.9 Å². The summed E-state index contributed by atoms with van der Waals surface area (Å²) in [5.74, 6) is -4.63. The van der Waals surface area contributed by atoms with Crippen LogP contribution in [0.4, 0.5) is 18.3 Å². The van der Waals surface area contributed by atoms with E-state index in [2.05, 4.69) is 10.3 Å². The molecule has 6 nitrogen and oxygen atoms in total. The lowest BCUT2D eigenvalue weighted by Crippen LogP contribution is -2.13. The van der Waals surface area contributed by atoms with E-state index in [1.807, 2.05) is 13.8 Å². The van der Waals surface area contributed by atoms with Crippen LogP contribution < -0.4 is 10.1 Å². The maximum absolute atomic E-state index is 14.8. The van der Waals surface area contributed by atoms with Gasteiger partial charge in [-0.3, -0.25) is 10.1 Å². The Labute approximate surface area is 197 Å². The van der Waals surface area contributed by atoms with Crippen LogP contribution in [0.2, 0.25) is 0 Å². The van der Waals surface area contributed by atoms with E-state index in [1.54, 1.807) is 6.07 Å². The molecule has 0 atom stereocenters. The Balaban J connectivity index is 1.80. The standard InChI is InChI=1S/C24H21F3N2O4S/c1-12(2)10-33-20-6-4-5-15(21(20)27)19-11-34-24(28-19)29-22(30)14-8-17(25)16(18(26)9-14)7-13(3)23(31)32/h4-9,11-12H,10H2,1-3H3,(H,31,32)(H,28,29,30). The van der Waals surface area contributed by atoms with Crippen molar-refractivity contribution in [2.75, 3.05) is 11.9 Å². The fourth-order valence-electron chi connectivity index (χ4n) is 2.83. The molecule has 10 heteroatoms. The highest BCUT2D eigenvalue weighted by atomic mass is 32.1. The third kappa shape index (κ3) is 5.82. The number of carboxylic acids is 1. The summed E-state index contributed by atoms with van der Waals surface area (Å²) in [5.41, 5.74) is -0.721. The quantitative estimate of drug-likeness (QED) is 0.378. The van der Waals surface area contributed by atoms with Gasteiger partial charge >= 0.3 is 5.97 Å². The predicted molar refractivity (Wildman–Crippen MR) is 123 cm³/mol. The van der Waals surface area contributed by atoms with E-state index in [1.165, 1.54) is 24.4 Å². The van der Waals surface area contributed by atoms with E-state index in [4.69, 9.17) is 9.84 Å². The Morgan fingerprint density at radius 3 is 2.50 bits per heavy atom. The van der Waals surface area contributed by atoms with Crippen LogP contribution in [0, 0.1) is 23.4 Å². The second-order valence-electron chi connectivity index (χ2n) is 7.80. The zero-order valence-electron chi connectivity index (χ0n) is 18.5. The highest BCUT2D eigenvalue weighted by Gasteiger charge is 2.18. The lowest BCUT2D eigenvalue weighted by Gasteiger charge is -2.11. The van der Waals surface area contributed by atoms with Crippen molar-refractivity contribution in [3.8, 4) is 17.0 Å².